The van der Waals surface area contributed by atoms with Gasteiger partial charge >= 0.3 is 0 Å². The number of aryl methyl sites for hydroxylation is 3. The van der Waals surface area contributed by atoms with Crippen LogP contribution < -0.4 is 10.2 Å². The van der Waals surface area contributed by atoms with Crippen LogP contribution in [0.4, 0.5) is 5.69 Å². The van der Waals surface area contributed by atoms with Gasteiger partial charge in [0, 0.05) is 19.3 Å². The Morgan fingerprint density at radius 2 is 1.89 bits per heavy atom. The van der Waals surface area contributed by atoms with E-state index in [1.54, 1.807) is 0 Å². The molecular weight excluding hydrogens is 220 g/mol. The highest BCUT2D eigenvalue weighted by atomic mass is 15.1. The van der Waals surface area contributed by atoms with E-state index in [0.29, 0.717) is 0 Å². The molecule has 1 N–H and O–H groups in total. The Morgan fingerprint density at radius 3 is 2.44 bits per heavy atom. The number of benzene rings is 1. The lowest BCUT2D eigenvalue weighted by molar-refractivity contribution is 0.381. The van der Waals surface area contributed by atoms with Gasteiger partial charge < -0.3 is 10.2 Å². The summed E-state index contributed by atoms with van der Waals surface area (Å²) in [4.78, 5) is 2.45. The molecule has 2 heteroatoms. The monoisotopic (exact) mass is 246 g/mol. The van der Waals surface area contributed by atoms with Crippen molar-refractivity contribution in [2.24, 2.45) is 5.92 Å². The van der Waals surface area contributed by atoms with Gasteiger partial charge in [0.25, 0.3) is 0 Å². The highest BCUT2D eigenvalue weighted by Crippen LogP contribution is 2.26. The molecule has 0 radical (unpaired) electrons. The summed E-state index contributed by atoms with van der Waals surface area (Å²) < 4.78 is 0. The number of hydrogen-bond acceptors (Lipinski definition) is 2. The molecule has 1 fully saturated rings. The lowest BCUT2D eigenvalue weighted by Crippen LogP contribution is -2.37. The predicted molar refractivity (Wildman–Crippen MR) is 79.5 cm³/mol. The first-order valence-electron chi connectivity index (χ1n) is 7.07. The van der Waals surface area contributed by atoms with Crippen LogP contribution in [0.15, 0.2) is 12.1 Å². The Labute approximate surface area is 111 Å². The van der Waals surface area contributed by atoms with E-state index in [1.165, 1.54) is 48.3 Å². The molecule has 0 bridgehead atoms. The summed E-state index contributed by atoms with van der Waals surface area (Å²) in [7, 11) is 2.24. The van der Waals surface area contributed by atoms with E-state index in [9.17, 15) is 0 Å². The molecule has 2 nitrogen and oxygen atoms in total. The van der Waals surface area contributed by atoms with Crippen LogP contribution in [0, 0.1) is 26.7 Å². The minimum absolute atomic E-state index is 0.795. The maximum Gasteiger partial charge on any atom is 0.0423 e. The van der Waals surface area contributed by atoms with E-state index in [4.69, 9.17) is 0 Å². The zero-order valence-electron chi connectivity index (χ0n) is 12.2. The molecule has 18 heavy (non-hydrogen) atoms. The van der Waals surface area contributed by atoms with Crippen LogP contribution in [-0.4, -0.2) is 26.7 Å². The van der Waals surface area contributed by atoms with Crippen molar-refractivity contribution in [3.63, 3.8) is 0 Å². The molecule has 0 aliphatic carbocycles. The summed E-state index contributed by atoms with van der Waals surface area (Å²) in [5.41, 5.74) is 5.59. The first-order chi connectivity index (χ1) is 8.58. The van der Waals surface area contributed by atoms with Crippen molar-refractivity contribution in [2.75, 3.05) is 31.6 Å². The normalized spacial score (nSPS) is 19.9. The maximum atomic E-state index is 3.50. The molecule has 0 aromatic heterocycles. The zero-order valence-corrected chi connectivity index (χ0v) is 12.2. The van der Waals surface area contributed by atoms with Gasteiger partial charge in [-0.05, 0) is 63.7 Å². The molecule has 1 aliphatic heterocycles. The molecule has 1 atom stereocenters. The van der Waals surface area contributed by atoms with Gasteiger partial charge in [-0.2, -0.15) is 0 Å². The Kier molecular flexibility index (Phi) is 4.28. The average Bonchev–Trinajstić information content (AvgIpc) is 2.28. The first kappa shape index (κ1) is 13.4. The molecular formula is C16H26N2. The Bertz CT molecular complexity index is 383. The minimum atomic E-state index is 0.795. The summed E-state index contributed by atoms with van der Waals surface area (Å²) in [6, 6.07) is 4.58. The molecule has 0 saturated carbocycles. The van der Waals surface area contributed by atoms with Crippen LogP contribution in [-0.2, 0) is 0 Å². The molecule has 0 amide bonds. The fourth-order valence-corrected chi connectivity index (χ4v) is 3.33. The van der Waals surface area contributed by atoms with E-state index < -0.39 is 0 Å². The van der Waals surface area contributed by atoms with Gasteiger partial charge in [0.2, 0.25) is 0 Å². The van der Waals surface area contributed by atoms with Gasteiger partial charge in [0.1, 0.15) is 0 Å². The molecule has 1 heterocycles. The fraction of sp³-hybridized carbons (Fsp3) is 0.625. The van der Waals surface area contributed by atoms with Crippen LogP contribution >= 0.6 is 0 Å². The van der Waals surface area contributed by atoms with Gasteiger partial charge in [-0.1, -0.05) is 17.7 Å². The standard InChI is InChI=1S/C16H26N2/c1-12-8-13(2)16(14(3)9-12)18(4)11-15-6-5-7-17-10-15/h8-9,15,17H,5-7,10-11H2,1-4H3. The number of rotatable bonds is 3. The summed E-state index contributed by atoms with van der Waals surface area (Å²) in [5, 5.41) is 3.50. The summed E-state index contributed by atoms with van der Waals surface area (Å²) in [5.74, 6) is 0.795. The smallest absolute Gasteiger partial charge is 0.0423 e. The molecule has 1 aromatic carbocycles. The molecule has 1 unspecified atom stereocenters. The zero-order chi connectivity index (χ0) is 13.1. The van der Waals surface area contributed by atoms with Crippen molar-refractivity contribution in [1.29, 1.82) is 0 Å². The van der Waals surface area contributed by atoms with Crippen LogP contribution in [0.3, 0.4) is 0 Å². The van der Waals surface area contributed by atoms with E-state index in [-0.39, 0.29) is 0 Å². The Balaban J connectivity index is 2.10. The molecule has 100 valence electrons. The van der Waals surface area contributed by atoms with Crippen LogP contribution in [0.5, 0.6) is 0 Å². The van der Waals surface area contributed by atoms with Crippen LogP contribution in [0.25, 0.3) is 0 Å². The summed E-state index contributed by atoms with van der Waals surface area (Å²) >= 11 is 0. The van der Waals surface area contributed by atoms with Crippen LogP contribution in [0.2, 0.25) is 0 Å². The van der Waals surface area contributed by atoms with Gasteiger partial charge in [0.05, 0.1) is 0 Å². The lowest BCUT2D eigenvalue weighted by atomic mass is 9.98. The molecule has 1 aliphatic rings. The third-order valence-corrected chi connectivity index (χ3v) is 3.95. The maximum absolute atomic E-state index is 3.50. The van der Waals surface area contributed by atoms with Crippen molar-refractivity contribution < 1.29 is 0 Å². The Morgan fingerprint density at radius 1 is 1.22 bits per heavy atom. The molecule has 1 saturated heterocycles. The van der Waals surface area contributed by atoms with E-state index in [2.05, 4.69) is 50.2 Å². The predicted octanol–water partition coefficient (Wildman–Crippen LogP) is 3.05. The molecule has 1 aromatic rings. The fourth-order valence-electron chi connectivity index (χ4n) is 3.33. The summed E-state index contributed by atoms with van der Waals surface area (Å²) in [6.45, 7) is 10.2. The van der Waals surface area contributed by atoms with Crippen molar-refractivity contribution >= 4 is 5.69 Å². The van der Waals surface area contributed by atoms with Gasteiger partial charge in [-0.25, -0.2) is 0 Å². The second-order valence-electron chi connectivity index (χ2n) is 5.84. The van der Waals surface area contributed by atoms with E-state index >= 15 is 0 Å². The average molecular weight is 246 g/mol. The van der Waals surface area contributed by atoms with E-state index in [1.807, 2.05) is 0 Å². The Hall–Kier alpha value is -1.02. The van der Waals surface area contributed by atoms with Crippen LogP contribution in [0.1, 0.15) is 29.5 Å². The highest BCUT2D eigenvalue weighted by molar-refractivity contribution is 5.59. The number of nitrogens with one attached hydrogen (secondary N) is 1. The minimum Gasteiger partial charge on any atom is -0.374 e. The lowest BCUT2D eigenvalue weighted by Gasteiger charge is -2.31. The van der Waals surface area contributed by atoms with Gasteiger partial charge in [-0.15, -0.1) is 0 Å². The quantitative estimate of drug-likeness (QED) is 0.882. The number of hydrogen-bond donors (Lipinski definition) is 1. The van der Waals surface area contributed by atoms with Crippen molar-refractivity contribution in [3.05, 3.63) is 28.8 Å². The molecule has 0 spiro atoms. The number of nitrogens with zero attached hydrogens (tertiary/aromatic N) is 1. The van der Waals surface area contributed by atoms with Crippen molar-refractivity contribution in [3.8, 4) is 0 Å². The highest BCUT2D eigenvalue weighted by Gasteiger charge is 2.17. The SMILES string of the molecule is Cc1cc(C)c(N(C)CC2CCCNC2)c(C)c1. The van der Waals surface area contributed by atoms with Gasteiger partial charge in [0.15, 0.2) is 0 Å². The van der Waals surface area contributed by atoms with Gasteiger partial charge in [-0.3, -0.25) is 0 Å². The van der Waals surface area contributed by atoms with Crippen molar-refractivity contribution in [1.82, 2.24) is 5.32 Å². The molecule has 2 rings (SSSR count). The third-order valence-electron chi connectivity index (χ3n) is 3.95. The van der Waals surface area contributed by atoms with E-state index in [0.717, 1.165) is 12.5 Å². The second kappa shape index (κ2) is 5.75. The number of anilines is 1. The topological polar surface area (TPSA) is 15.3 Å². The summed E-state index contributed by atoms with van der Waals surface area (Å²) in [6.07, 6.45) is 2.69. The first-order valence-corrected chi connectivity index (χ1v) is 7.07. The largest absolute Gasteiger partial charge is 0.374 e. The number of piperidine rings is 1. The van der Waals surface area contributed by atoms with Crippen molar-refractivity contribution in [2.45, 2.75) is 33.6 Å². The second-order valence-corrected chi connectivity index (χ2v) is 5.84. The third kappa shape index (κ3) is 3.05.